The second-order valence-electron chi connectivity index (χ2n) is 3.29. The number of primary amides is 1. The van der Waals surface area contributed by atoms with Gasteiger partial charge in [-0.2, -0.15) is 0 Å². The van der Waals surface area contributed by atoms with Gasteiger partial charge in [0.1, 0.15) is 6.61 Å². The van der Waals surface area contributed by atoms with Crippen molar-refractivity contribution in [1.29, 1.82) is 0 Å². The molecule has 0 aliphatic rings. The van der Waals surface area contributed by atoms with Gasteiger partial charge in [0.05, 0.1) is 17.2 Å². The zero-order chi connectivity index (χ0) is 12.8. The van der Waals surface area contributed by atoms with E-state index in [1.807, 2.05) is 6.92 Å². The molecule has 0 heterocycles. The minimum Gasteiger partial charge on any atom is -0.489 e. The van der Waals surface area contributed by atoms with Crippen LogP contribution in [0.5, 0.6) is 5.75 Å². The SMILES string of the molecule is CCOCCOc1c(Cl)cc(N)cc1C(N)=O. The molecule has 0 bridgehead atoms. The first-order valence-corrected chi connectivity index (χ1v) is 5.53. The number of benzene rings is 1. The molecule has 0 saturated carbocycles. The number of nitrogens with two attached hydrogens (primary N) is 2. The fourth-order valence-electron chi connectivity index (χ4n) is 1.29. The Hall–Kier alpha value is -1.46. The normalized spacial score (nSPS) is 10.2. The molecule has 0 radical (unpaired) electrons. The Kier molecular flexibility index (Phi) is 5.06. The summed E-state index contributed by atoms with van der Waals surface area (Å²) < 4.78 is 10.5. The van der Waals surface area contributed by atoms with Crippen molar-refractivity contribution in [3.63, 3.8) is 0 Å². The number of carbonyl (C=O) groups is 1. The second kappa shape index (κ2) is 6.32. The molecule has 0 spiro atoms. The lowest BCUT2D eigenvalue weighted by Gasteiger charge is -2.12. The highest BCUT2D eigenvalue weighted by atomic mass is 35.5. The van der Waals surface area contributed by atoms with Gasteiger partial charge in [0.15, 0.2) is 5.75 Å². The van der Waals surface area contributed by atoms with Crippen LogP contribution >= 0.6 is 11.6 Å². The number of ether oxygens (including phenoxy) is 2. The Morgan fingerprint density at radius 1 is 1.41 bits per heavy atom. The van der Waals surface area contributed by atoms with Crippen LogP contribution in [-0.4, -0.2) is 25.7 Å². The zero-order valence-electron chi connectivity index (χ0n) is 9.53. The Labute approximate surface area is 105 Å². The first-order chi connectivity index (χ1) is 8.06. The largest absolute Gasteiger partial charge is 0.489 e. The van der Waals surface area contributed by atoms with Gasteiger partial charge in [0.2, 0.25) is 0 Å². The topological polar surface area (TPSA) is 87.6 Å². The predicted molar refractivity (Wildman–Crippen MR) is 66.4 cm³/mol. The lowest BCUT2D eigenvalue weighted by atomic mass is 10.1. The lowest BCUT2D eigenvalue weighted by molar-refractivity contribution is 0.0979. The highest BCUT2D eigenvalue weighted by molar-refractivity contribution is 6.33. The molecule has 1 aromatic carbocycles. The summed E-state index contributed by atoms with van der Waals surface area (Å²) in [5, 5.41) is 0.260. The summed E-state index contributed by atoms with van der Waals surface area (Å²) >= 11 is 5.94. The number of rotatable bonds is 6. The molecule has 1 amide bonds. The van der Waals surface area contributed by atoms with E-state index in [0.717, 1.165) is 0 Å². The predicted octanol–water partition coefficient (Wildman–Crippen LogP) is 1.44. The fourth-order valence-corrected chi connectivity index (χ4v) is 1.57. The van der Waals surface area contributed by atoms with Crippen LogP contribution in [0.25, 0.3) is 0 Å². The van der Waals surface area contributed by atoms with Crippen LogP contribution in [0, 0.1) is 0 Å². The molecule has 0 fully saturated rings. The van der Waals surface area contributed by atoms with Crippen LogP contribution in [0.2, 0.25) is 5.02 Å². The minimum atomic E-state index is -0.634. The maximum atomic E-state index is 11.2. The maximum absolute atomic E-state index is 11.2. The Morgan fingerprint density at radius 2 is 2.12 bits per heavy atom. The summed E-state index contributed by atoms with van der Waals surface area (Å²) in [4.78, 5) is 11.2. The van der Waals surface area contributed by atoms with Crippen molar-refractivity contribution in [3.05, 3.63) is 22.7 Å². The van der Waals surface area contributed by atoms with E-state index in [0.29, 0.717) is 18.9 Å². The molecule has 0 aliphatic carbocycles. The van der Waals surface area contributed by atoms with Gasteiger partial charge in [-0.1, -0.05) is 11.6 Å². The van der Waals surface area contributed by atoms with Crippen LogP contribution in [-0.2, 0) is 4.74 Å². The van der Waals surface area contributed by atoms with E-state index in [1.165, 1.54) is 12.1 Å². The van der Waals surface area contributed by atoms with Crippen molar-refractivity contribution in [3.8, 4) is 5.75 Å². The molecule has 17 heavy (non-hydrogen) atoms. The van der Waals surface area contributed by atoms with Crippen LogP contribution in [0.4, 0.5) is 5.69 Å². The summed E-state index contributed by atoms with van der Waals surface area (Å²) in [6.07, 6.45) is 0. The number of nitrogen functional groups attached to an aromatic ring is 1. The molecule has 6 heteroatoms. The lowest BCUT2D eigenvalue weighted by Crippen LogP contribution is -2.15. The molecule has 1 aromatic rings. The van der Waals surface area contributed by atoms with Gasteiger partial charge >= 0.3 is 0 Å². The first kappa shape index (κ1) is 13.6. The van der Waals surface area contributed by atoms with Gasteiger partial charge in [-0.3, -0.25) is 4.79 Å². The summed E-state index contributed by atoms with van der Waals surface area (Å²) in [7, 11) is 0. The molecule has 0 saturated heterocycles. The van der Waals surface area contributed by atoms with E-state index >= 15 is 0 Å². The number of amides is 1. The Bertz CT molecular complexity index is 410. The van der Waals surface area contributed by atoms with E-state index in [1.54, 1.807) is 0 Å². The summed E-state index contributed by atoms with van der Waals surface area (Å²) in [5.41, 5.74) is 11.3. The van der Waals surface area contributed by atoms with Crippen molar-refractivity contribution in [2.75, 3.05) is 25.6 Å². The van der Waals surface area contributed by atoms with Gasteiger partial charge in [0.25, 0.3) is 5.91 Å². The van der Waals surface area contributed by atoms with Gasteiger partial charge in [-0.25, -0.2) is 0 Å². The minimum absolute atomic E-state index is 0.173. The highest BCUT2D eigenvalue weighted by Gasteiger charge is 2.14. The van der Waals surface area contributed by atoms with E-state index in [9.17, 15) is 4.79 Å². The van der Waals surface area contributed by atoms with E-state index in [2.05, 4.69) is 0 Å². The van der Waals surface area contributed by atoms with Crippen molar-refractivity contribution in [2.24, 2.45) is 5.73 Å². The maximum Gasteiger partial charge on any atom is 0.252 e. The van der Waals surface area contributed by atoms with Gasteiger partial charge in [0, 0.05) is 12.3 Å². The molecule has 5 nitrogen and oxygen atoms in total. The average Bonchev–Trinajstić information content (AvgIpc) is 2.25. The number of halogens is 1. The third-order valence-electron chi connectivity index (χ3n) is 2.01. The monoisotopic (exact) mass is 258 g/mol. The van der Waals surface area contributed by atoms with Gasteiger partial charge in [-0.15, -0.1) is 0 Å². The Balaban J connectivity index is 2.85. The van der Waals surface area contributed by atoms with Crippen molar-refractivity contribution < 1.29 is 14.3 Å². The molecule has 0 aliphatic heterocycles. The quantitative estimate of drug-likeness (QED) is 0.597. The molecule has 94 valence electrons. The summed E-state index contributed by atoms with van der Waals surface area (Å²) in [6.45, 7) is 3.18. The number of carbonyl (C=O) groups excluding carboxylic acids is 1. The van der Waals surface area contributed by atoms with E-state index in [-0.39, 0.29) is 22.9 Å². The van der Waals surface area contributed by atoms with Crippen LogP contribution in [0.1, 0.15) is 17.3 Å². The van der Waals surface area contributed by atoms with Crippen molar-refractivity contribution in [1.82, 2.24) is 0 Å². The first-order valence-electron chi connectivity index (χ1n) is 5.15. The summed E-state index contributed by atoms with van der Waals surface area (Å²) in [6, 6.07) is 2.94. The fraction of sp³-hybridized carbons (Fsp3) is 0.364. The van der Waals surface area contributed by atoms with Crippen LogP contribution in [0.3, 0.4) is 0 Å². The molecule has 0 aromatic heterocycles. The highest BCUT2D eigenvalue weighted by Crippen LogP contribution is 2.31. The third kappa shape index (κ3) is 3.80. The molecular weight excluding hydrogens is 244 g/mol. The van der Waals surface area contributed by atoms with Crippen molar-refractivity contribution in [2.45, 2.75) is 6.92 Å². The number of hydrogen-bond donors (Lipinski definition) is 2. The summed E-state index contributed by atoms with van der Waals surface area (Å²) in [5.74, 6) is -0.390. The van der Waals surface area contributed by atoms with E-state index in [4.69, 9.17) is 32.5 Å². The number of anilines is 1. The smallest absolute Gasteiger partial charge is 0.252 e. The average molecular weight is 259 g/mol. The molecule has 1 rings (SSSR count). The number of hydrogen-bond acceptors (Lipinski definition) is 4. The standard InChI is InChI=1S/C11H15ClN2O3/c1-2-16-3-4-17-10-8(11(14)15)5-7(13)6-9(10)12/h5-6H,2-4,13H2,1H3,(H2,14,15). The molecule has 0 atom stereocenters. The van der Waals surface area contributed by atoms with Gasteiger partial charge < -0.3 is 20.9 Å². The van der Waals surface area contributed by atoms with Gasteiger partial charge in [-0.05, 0) is 19.1 Å². The Morgan fingerprint density at radius 3 is 2.71 bits per heavy atom. The van der Waals surface area contributed by atoms with Crippen molar-refractivity contribution >= 4 is 23.2 Å². The van der Waals surface area contributed by atoms with Crippen LogP contribution in [0.15, 0.2) is 12.1 Å². The molecule has 0 unspecified atom stereocenters. The third-order valence-corrected chi connectivity index (χ3v) is 2.29. The second-order valence-corrected chi connectivity index (χ2v) is 3.70. The molecule has 4 N–H and O–H groups in total. The molecular formula is C11H15ClN2O3. The van der Waals surface area contributed by atoms with Crippen LogP contribution < -0.4 is 16.2 Å². The zero-order valence-corrected chi connectivity index (χ0v) is 10.3. The van der Waals surface area contributed by atoms with E-state index < -0.39 is 5.91 Å².